The van der Waals surface area contributed by atoms with Crippen LogP contribution in [0.2, 0.25) is 5.02 Å². The Hall–Kier alpha value is -1.66. The SMILES string of the molecule is CC[C@@H](NC(=O)c1c[nH]c(=O)c(Cl)c1)c1nc(C)c(C)s1. The highest BCUT2D eigenvalue weighted by molar-refractivity contribution is 7.11. The van der Waals surface area contributed by atoms with E-state index < -0.39 is 5.56 Å². The highest BCUT2D eigenvalue weighted by atomic mass is 35.5. The topological polar surface area (TPSA) is 74.8 Å². The summed E-state index contributed by atoms with van der Waals surface area (Å²) in [7, 11) is 0. The summed E-state index contributed by atoms with van der Waals surface area (Å²) in [6.07, 6.45) is 2.09. The number of amides is 1. The highest BCUT2D eigenvalue weighted by Crippen LogP contribution is 2.25. The van der Waals surface area contributed by atoms with Gasteiger partial charge in [-0.3, -0.25) is 9.59 Å². The van der Waals surface area contributed by atoms with Gasteiger partial charge in [0.2, 0.25) is 0 Å². The molecule has 0 aromatic carbocycles. The maximum absolute atomic E-state index is 12.2. The molecule has 1 atom stereocenters. The summed E-state index contributed by atoms with van der Waals surface area (Å²) in [5.74, 6) is -0.287. The molecule has 0 saturated heterocycles. The van der Waals surface area contributed by atoms with Crippen molar-refractivity contribution in [3.63, 3.8) is 0 Å². The van der Waals surface area contributed by atoms with Crippen molar-refractivity contribution in [3.05, 3.63) is 48.8 Å². The fourth-order valence-electron chi connectivity index (χ4n) is 1.81. The third-order valence-electron chi connectivity index (χ3n) is 3.18. The lowest BCUT2D eigenvalue weighted by Gasteiger charge is -2.14. The first kappa shape index (κ1) is 15.7. The average Bonchev–Trinajstić information content (AvgIpc) is 2.78. The number of rotatable bonds is 4. The van der Waals surface area contributed by atoms with Crippen molar-refractivity contribution in [2.45, 2.75) is 33.2 Å². The zero-order valence-corrected chi connectivity index (χ0v) is 13.6. The summed E-state index contributed by atoms with van der Waals surface area (Å²) in [4.78, 5) is 31.5. The van der Waals surface area contributed by atoms with Crippen LogP contribution in [0.25, 0.3) is 0 Å². The number of nitrogens with one attached hydrogen (secondary N) is 2. The predicted octanol–water partition coefficient (Wildman–Crippen LogP) is 2.98. The normalized spacial score (nSPS) is 12.2. The van der Waals surface area contributed by atoms with E-state index in [0.29, 0.717) is 5.56 Å². The van der Waals surface area contributed by atoms with Crippen LogP contribution in [0.1, 0.15) is 45.3 Å². The number of nitrogens with zero attached hydrogens (tertiary/aromatic N) is 1. The van der Waals surface area contributed by atoms with Crippen LogP contribution in [-0.4, -0.2) is 15.9 Å². The number of aromatic amines is 1. The van der Waals surface area contributed by atoms with E-state index in [9.17, 15) is 9.59 Å². The molecule has 0 aliphatic heterocycles. The average molecular weight is 326 g/mol. The Morgan fingerprint density at radius 1 is 1.52 bits per heavy atom. The lowest BCUT2D eigenvalue weighted by Crippen LogP contribution is -2.28. The van der Waals surface area contributed by atoms with Crippen molar-refractivity contribution in [1.82, 2.24) is 15.3 Å². The number of carbonyl (C=O) groups excluding carboxylic acids is 1. The smallest absolute Gasteiger partial charge is 0.266 e. The van der Waals surface area contributed by atoms with Gasteiger partial charge in [-0.15, -0.1) is 11.3 Å². The second-order valence-corrected chi connectivity index (χ2v) is 6.34. The molecule has 0 spiro atoms. The number of aromatic nitrogens is 2. The fraction of sp³-hybridized carbons (Fsp3) is 0.357. The predicted molar refractivity (Wildman–Crippen MR) is 84.2 cm³/mol. The van der Waals surface area contributed by atoms with E-state index in [0.717, 1.165) is 22.0 Å². The van der Waals surface area contributed by atoms with Crippen LogP contribution < -0.4 is 10.9 Å². The lowest BCUT2D eigenvalue weighted by molar-refractivity contribution is 0.0935. The summed E-state index contributed by atoms with van der Waals surface area (Å²) in [5.41, 5.74) is 0.893. The van der Waals surface area contributed by atoms with Crippen LogP contribution in [0, 0.1) is 13.8 Å². The van der Waals surface area contributed by atoms with Crippen molar-refractivity contribution in [3.8, 4) is 0 Å². The van der Waals surface area contributed by atoms with E-state index in [-0.39, 0.29) is 17.0 Å². The summed E-state index contributed by atoms with van der Waals surface area (Å²) in [5, 5.41) is 3.80. The number of aryl methyl sites for hydroxylation is 2. The van der Waals surface area contributed by atoms with Gasteiger partial charge in [0.05, 0.1) is 17.3 Å². The number of hydrogen-bond donors (Lipinski definition) is 2. The molecule has 112 valence electrons. The van der Waals surface area contributed by atoms with E-state index in [2.05, 4.69) is 15.3 Å². The second kappa shape index (κ2) is 6.41. The van der Waals surface area contributed by atoms with Gasteiger partial charge in [0, 0.05) is 11.1 Å². The van der Waals surface area contributed by atoms with E-state index in [4.69, 9.17) is 11.6 Å². The molecule has 0 fully saturated rings. The van der Waals surface area contributed by atoms with Gasteiger partial charge < -0.3 is 10.3 Å². The minimum absolute atomic E-state index is 0.00311. The first-order valence-corrected chi connectivity index (χ1v) is 7.74. The molecule has 7 heteroatoms. The molecule has 0 radical (unpaired) electrons. The Morgan fingerprint density at radius 2 is 2.24 bits per heavy atom. The maximum atomic E-state index is 12.2. The molecule has 2 aromatic heterocycles. The minimum atomic E-state index is -0.411. The fourth-order valence-corrected chi connectivity index (χ4v) is 3.04. The van der Waals surface area contributed by atoms with Crippen LogP contribution in [0.4, 0.5) is 0 Å². The van der Waals surface area contributed by atoms with Crippen LogP contribution in [-0.2, 0) is 0 Å². The van der Waals surface area contributed by atoms with Gasteiger partial charge >= 0.3 is 0 Å². The largest absolute Gasteiger partial charge is 0.343 e. The molecule has 0 aliphatic carbocycles. The van der Waals surface area contributed by atoms with Crippen LogP contribution in [0.5, 0.6) is 0 Å². The molecule has 2 aromatic rings. The Balaban J connectivity index is 2.19. The van der Waals surface area contributed by atoms with Gasteiger partial charge in [-0.05, 0) is 26.3 Å². The zero-order valence-electron chi connectivity index (χ0n) is 12.0. The third kappa shape index (κ3) is 3.51. The van der Waals surface area contributed by atoms with Gasteiger partial charge in [-0.2, -0.15) is 0 Å². The van der Waals surface area contributed by atoms with Crippen molar-refractivity contribution in [1.29, 1.82) is 0 Å². The Bertz CT molecular complexity index is 704. The second-order valence-electron chi connectivity index (χ2n) is 4.69. The Labute approximate surface area is 131 Å². The standard InChI is InChI=1S/C14H16ClN3O2S/c1-4-11(14-17-7(2)8(3)21-14)18-12(19)9-5-10(15)13(20)16-6-9/h5-6,11H,4H2,1-3H3,(H,16,20)(H,18,19)/t11-/m1/s1. The van der Waals surface area contributed by atoms with Crippen LogP contribution in [0.15, 0.2) is 17.1 Å². The summed E-state index contributed by atoms with van der Waals surface area (Å²) >= 11 is 7.32. The van der Waals surface area contributed by atoms with Gasteiger partial charge in [-0.25, -0.2) is 4.98 Å². The molecule has 2 rings (SSSR count). The number of pyridine rings is 1. The Morgan fingerprint density at radius 3 is 2.76 bits per heavy atom. The zero-order chi connectivity index (χ0) is 15.6. The van der Waals surface area contributed by atoms with Gasteiger partial charge in [0.25, 0.3) is 11.5 Å². The van der Waals surface area contributed by atoms with E-state index in [1.165, 1.54) is 12.3 Å². The molecule has 21 heavy (non-hydrogen) atoms. The Kier molecular flexibility index (Phi) is 4.80. The summed E-state index contributed by atoms with van der Waals surface area (Å²) in [6.45, 7) is 5.94. The van der Waals surface area contributed by atoms with Gasteiger partial charge in [0.15, 0.2) is 0 Å². The molecular formula is C14H16ClN3O2S. The van der Waals surface area contributed by atoms with E-state index >= 15 is 0 Å². The molecule has 2 heterocycles. The first-order chi connectivity index (χ1) is 9.92. The number of hydrogen-bond acceptors (Lipinski definition) is 4. The lowest BCUT2D eigenvalue weighted by atomic mass is 10.2. The highest BCUT2D eigenvalue weighted by Gasteiger charge is 2.18. The molecule has 0 saturated carbocycles. The number of H-pyrrole nitrogens is 1. The molecular weight excluding hydrogens is 310 g/mol. The molecule has 0 unspecified atom stereocenters. The quantitative estimate of drug-likeness (QED) is 0.907. The monoisotopic (exact) mass is 325 g/mol. The molecule has 5 nitrogen and oxygen atoms in total. The molecule has 0 aliphatic rings. The number of halogens is 1. The molecule has 0 bridgehead atoms. The first-order valence-electron chi connectivity index (χ1n) is 6.55. The molecule has 2 N–H and O–H groups in total. The van der Waals surface area contributed by atoms with Crippen LogP contribution >= 0.6 is 22.9 Å². The number of carbonyl (C=O) groups is 1. The van der Waals surface area contributed by atoms with Gasteiger partial charge in [-0.1, -0.05) is 18.5 Å². The van der Waals surface area contributed by atoms with Gasteiger partial charge in [0.1, 0.15) is 10.0 Å². The van der Waals surface area contributed by atoms with Crippen LogP contribution in [0.3, 0.4) is 0 Å². The molecule has 1 amide bonds. The van der Waals surface area contributed by atoms with E-state index in [1.54, 1.807) is 11.3 Å². The maximum Gasteiger partial charge on any atom is 0.266 e. The third-order valence-corrected chi connectivity index (χ3v) is 4.64. The summed E-state index contributed by atoms with van der Waals surface area (Å²) in [6, 6.07) is 1.21. The van der Waals surface area contributed by atoms with Crippen molar-refractivity contribution in [2.24, 2.45) is 0 Å². The number of thiazole rings is 1. The van der Waals surface area contributed by atoms with Crippen molar-refractivity contribution < 1.29 is 4.79 Å². The van der Waals surface area contributed by atoms with E-state index in [1.807, 2.05) is 20.8 Å². The minimum Gasteiger partial charge on any atom is -0.343 e. The van der Waals surface area contributed by atoms with Crippen molar-refractivity contribution in [2.75, 3.05) is 0 Å². The van der Waals surface area contributed by atoms with Crippen molar-refractivity contribution >= 4 is 28.8 Å². The summed E-state index contributed by atoms with van der Waals surface area (Å²) < 4.78 is 0.